The van der Waals surface area contributed by atoms with Crippen LogP contribution < -0.4 is 16.1 Å². The molecule has 178 valence electrons. The number of aromatic nitrogens is 4. The number of β-amino-alcohol motifs (C(OH)–C–C–N with tert-alkyl or cyclic N) is 1. The molecule has 8 nitrogen and oxygen atoms in total. The minimum atomic E-state index is -0.671. The molecule has 2 N–H and O–H groups in total. The van der Waals surface area contributed by atoms with Crippen molar-refractivity contribution in [3.8, 4) is 11.5 Å². The largest absolute Gasteiger partial charge is 0.391 e. The Labute approximate surface area is 198 Å². The normalized spacial score (nSPS) is 15.5. The molecular formula is C26H31N5O3. The smallest absolute Gasteiger partial charge is 0.349 e. The Morgan fingerprint density at radius 2 is 1.88 bits per heavy atom. The molecule has 8 heteroatoms. The molecule has 2 aromatic rings. The van der Waals surface area contributed by atoms with Gasteiger partial charge in [0.1, 0.15) is 0 Å². The Morgan fingerprint density at radius 3 is 2.59 bits per heavy atom. The number of nitrogens with one attached hydrogen (secondary N) is 1. The highest BCUT2D eigenvalue weighted by Crippen LogP contribution is 2.31. The molecule has 0 bridgehead atoms. The lowest BCUT2D eigenvalue weighted by molar-refractivity contribution is 0.198. The molecule has 1 unspecified atom stereocenters. The lowest BCUT2D eigenvalue weighted by Gasteiger charge is -2.23. The summed E-state index contributed by atoms with van der Waals surface area (Å²) >= 11 is 0. The number of aliphatic hydroxyl groups excluding tert-OH is 1. The van der Waals surface area contributed by atoms with E-state index in [1.54, 1.807) is 0 Å². The van der Waals surface area contributed by atoms with Crippen molar-refractivity contribution in [1.82, 2.24) is 19.5 Å². The molecule has 1 saturated heterocycles. The second-order valence-electron chi connectivity index (χ2n) is 8.41. The Bertz CT molecular complexity index is 1360. The van der Waals surface area contributed by atoms with Gasteiger partial charge in [-0.25, -0.2) is 9.78 Å². The van der Waals surface area contributed by atoms with Crippen LogP contribution in [0.25, 0.3) is 22.6 Å². The highest BCUT2D eigenvalue weighted by Gasteiger charge is 2.24. The first-order valence-corrected chi connectivity index (χ1v) is 11.9. The molecule has 0 radical (unpaired) electrons. The zero-order valence-corrected chi connectivity index (χ0v) is 19.9. The summed E-state index contributed by atoms with van der Waals surface area (Å²) in [7, 11) is 0. The monoisotopic (exact) mass is 461 g/mol. The third-order valence-corrected chi connectivity index (χ3v) is 6.12. The summed E-state index contributed by atoms with van der Waals surface area (Å²) < 4.78 is 1.94. The molecule has 34 heavy (non-hydrogen) atoms. The van der Waals surface area contributed by atoms with Crippen molar-refractivity contribution in [1.29, 1.82) is 0 Å². The number of aromatic amines is 1. The molecule has 0 spiro atoms. The van der Waals surface area contributed by atoms with Crippen LogP contribution >= 0.6 is 0 Å². The van der Waals surface area contributed by atoms with Gasteiger partial charge in [-0.3, -0.25) is 9.78 Å². The van der Waals surface area contributed by atoms with E-state index in [0.717, 1.165) is 42.6 Å². The van der Waals surface area contributed by atoms with Crippen molar-refractivity contribution in [3.63, 3.8) is 0 Å². The first kappa shape index (κ1) is 23.6. The molecule has 1 atom stereocenters. The first-order valence-electron chi connectivity index (χ1n) is 11.9. The van der Waals surface area contributed by atoms with E-state index in [4.69, 9.17) is 0 Å². The number of nitrogens with zero attached hydrogens (tertiary/aromatic N) is 4. The number of benzene rings is 2. The fraction of sp³-hybridized carbons (Fsp3) is 0.385. The Kier molecular flexibility index (Phi) is 7.07. The number of anilines is 1. The van der Waals surface area contributed by atoms with Gasteiger partial charge >= 0.3 is 5.69 Å². The van der Waals surface area contributed by atoms with Gasteiger partial charge in [0.25, 0.3) is 5.56 Å². The standard InChI is InChI=1S/C24H25N5O3.C2H6/c1-15-12-18-20(13-19(15)28-11-9-17(30)14-28)29(10-5-8-16-6-3-2-4-7-16)22-21(25-18)23(31)27-24(32)26-22;1-2/h2-4,6-7,12-13,17,30H,5,8-11,14H2,1H3,(H,27,31,32);1-2H3. The van der Waals surface area contributed by atoms with Crippen LogP contribution in [0.3, 0.4) is 0 Å². The number of aliphatic hydroxyl groups is 1. The van der Waals surface area contributed by atoms with Gasteiger partial charge in [0.15, 0.2) is 11.5 Å². The van der Waals surface area contributed by atoms with Gasteiger partial charge in [-0.05, 0) is 49.4 Å². The summed E-state index contributed by atoms with van der Waals surface area (Å²) in [5.74, 6) is 0.301. The van der Waals surface area contributed by atoms with Crippen LogP contribution in [0.5, 0.6) is 0 Å². The minimum absolute atomic E-state index is 0.167. The van der Waals surface area contributed by atoms with E-state index in [0.29, 0.717) is 24.4 Å². The maximum absolute atomic E-state index is 12.5. The lowest BCUT2D eigenvalue weighted by Crippen LogP contribution is -2.29. The number of fused-ring (bicyclic) bond motifs is 2. The molecular weight excluding hydrogens is 430 g/mol. The van der Waals surface area contributed by atoms with Gasteiger partial charge < -0.3 is 14.6 Å². The van der Waals surface area contributed by atoms with Gasteiger partial charge in [0, 0.05) is 25.3 Å². The predicted octanol–water partition coefficient (Wildman–Crippen LogP) is 3.12. The van der Waals surface area contributed by atoms with Crippen LogP contribution in [0.2, 0.25) is 0 Å². The van der Waals surface area contributed by atoms with E-state index < -0.39 is 11.2 Å². The van der Waals surface area contributed by atoms with Gasteiger partial charge in [0.2, 0.25) is 0 Å². The van der Waals surface area contributed by atoms with E-state index in [1.807, 2.05) is 55.7 Å². The van der Waals surface area contributed by atoms with Crippen molar-refractivity contribution >= 4 is 16.7 Å². The number of hydrogen-bond donors (Lipinski definition) is 2. The van der Waals surface area contributed by atoms with Gasteiger partial charge in [0.05, 0.1) is 17.1 Å². The lowest BCUT2D eigenvalue weighted by atomic mass is 10.1. The molecule has 5 rings (SSSR count). The van der Waals surface area contributed by atoms with Gasteiger partial charge in [-0.15, -0.1) is 0 Å². The van der Waals surface area contributed by atoms with Crippen LogP contribution in [0.15, 0.2) is 52.1 Å². The van der Waals surface area contributed by atoms with Crippen molar-refractivity contribution < 1.29 is 5.11 Å². The molecule has 1 fully saturated rings. The van der Waals surface area contributed by atoms with Crippen LogP contribution in [0.1, 0.15) is 37.8 Å². The highest BCUT2D eigenvalue weighted by atomic mass is 16.3. The summed E-state index contributed by atoms with van der Waals surface area (Å²) in [6, 6.07) is 14.2. The van der Waals surface area contributed by atoms with Crippen molar-refractivity contribution in [2.75, 3.05) is 18.0 Å². The van der Waals surface area contributed by atoms with Gasteiger partial charge in [-0.1, -0.05) is 44.2 Å². The molecule has 0 aliphatic carbocycles. The molecule has 0 amide bonds. The zero-order chi connectivity index (χ0) is 24.2. The third kappa shape index (κ3) is 4.72. The number of hydrogen-bond acceptors (Lipinski definition) is 6. The average molecular weight is 462 g/mol. The Hall–Kier alpha value is -3.52. The summed E-state index contributed by atoms with van der Waals surface area (Å²) in [5.41, 5.74) is 3.76. The summed E-state index contributed by atoms with van der Waals surface area (Å²) in [5, 5.41) is 10.0. The average Bonchev–Trinajstić information content (AvgIpc) is 3.27. The quantitative estimate of drug-likeness (QED) is 0.443. The fourth-order valence-electron chi connectivity index (χ4n) is 4.55. The Morgan fingerprint density at radius 1 is 1.12 bits per heavy atom. The number of H-pyrrole nitrogens is 1. The number of rotatable bonds is 5. The second-order valence-corrected chi connectivity index (χ2v) is 8.41. The maximum Gasteiger partial charge on any atom is 0.349 e. The van der Waals surface area contributed by atoms with E-state index in [1.165, 1.54) is 5.56 Å². The molecule has 2 aromatic carbocycles. The highest BCUT2D eigenvalue weighted by molar-refractivity contribution is 5.84. The molecule has 3 aliphatic rings. The first-order chi connectivity index (χ1) is 16.5. The van der Waals surface area contributed by atoms with Crippen molar-refractivity contribution in [2.45, 2.75) is 52.7 Å². The fourth-order valence-corrected chi connectivity index (χ4v) is 4.55. The molecule has 0 saturated carbocycles. The molecule has 0 aromatic heterocycles. The summed E-state index contributed by atoms with van der Waals surface area (Å²) in [6.45, 7) is 7.97. The van der Waals surface area contributed by atoms with E-state index in [2.05, 4.69) is 32.0 Å². The molecule has 3 aliphatic heterocycles. The third-order valence-electron chi connectivity index (χ3n) is 6.12. The van der Waals surface area contributed by atoms with Crippen LogP contribution in [-0.4, -0.2) is 43.8 Å². The SMILES string of the molecule is CC.Cc1cc2nc3c(=O)[nH]c(=O)nc-3n(CCCc3ccccc3)c2cc1N1CCC(O)C1. The zero-order valence-electron chi connectivity index (χ0n) is 19.9. The Balaban J connectivity index is 0.00000133. The van der Waals surface area contributed by atoms with Crippen molar-refractivity contribution in [2.24, 2.45) is 0 Å². The van der Waals surface area contributed by atoms with E-state index in [-0.39, 0.29) is 11.8 Å². The second kappa shape index (κ2) is 10.2. The van der Waals surface area contributed by atoms with Gasteiger partial charge in [-0.2, -0.15) is 4.98 Å². The predicted molar refractivity (Wildman–Crippen MR) is 135 cm³/mol. The topological polar surface area (TPSA) is 104 Å². The molecule has 3 heterocycles. The maximum atomic E-state index is 12.5. The van der Waals surface area contributed by atoms with E-state index in [9.17, 15) is 14.7 Å². The van der Waals surface area contributed by atoms with E-state index >= 15 is 0 Å². The summed E-state index contributed by atoms with van der Waals surface area (Å²) in [6.07, 6.45) is 2.09. The van der Waals surface area contributed by atoms with Crippen LogP contribution in [-0.2, 0) is 13.0 Å². The minimum Gasteiger partial charge on any atom is -0.391 e. The van der Waals surface area contributed by atoms with Crippen LogP contribution in [0, 0.1) is 6.92 Å². The summed E-state index contributed by atoms with van der Waals surface area (Å²) in [4.78, 5) is 37.6. The van der Waals surface area contributed by atoms with Crippen molar-refractivity contribution in [3.05, 3.63) is 74.4 Å². The van der Waals surface area contributed by atoms with Crippen LogP contribution in [0.4, 0.5) is 5.69 Å². The number of aryl methyl sites for hydroxylation is 3.